The molecular formula is C14H17FK2N2O5. The number of halogens is 1. The van der Waals surface area contributed by atoms with Gasteiger partial charge in [0.2, 0.25) is 0 Å². The van der Waals surface area contributed by atoms with Gasteiger partial charge in [-0.2, -0.15) is 0 Å². The molecule has 0 amide bonds. The summed E-state index contributed by atoms with van der Waals surface area (Å²) in [5.74, 6) is -0.567. The van der Waals surface area contributed by atoms with E-state index in [0.29, 0.717) is 11.7 Å². The first-order valence-corrected chi connectivity index (χ1v) is 6.87. The van der Waals surface area contributed by atoms with E-state index in [9.17, 15) is 14.5 Å². The summed E-state index contributed by atoms with van der Waals surface area (Å²) in [4.78, 5) is 20.7. The van der Waals surface area contributed by atoms with Crippen molar-refractivity contribution in [3.05, 3.63) is 34.1 Å². The Morgan fingerprint density at radius 3 is 2.17 bits per heavy atom. The van der Waals surface area contributed by atoms with Crippen LogP contribution in [0.15, 0.2) is 18.2 Å². The molecule has 1 aromatic carbocycles. The van der Waals surface area contributed by atoms with E-state index >= 15 is 0 Å². The normalized spacial score (nSPS) is 13.4. The summed E-state index contributed by atoms with van der Waals surface area (Å²) in [5, 5.41) is 27.6. The molecule has 0 heterocycles. The van der Waals surface area contributed by atoms with Gasteiger partial charge in [-0.25, -0.2) is 4.39 Å². The molecule has 0 saturated heterocycles. The summed E-state index contributed by atoms with van der Waals surface area (Å²) in [5.41, 5.74) is 0.358. The smallest absolute Gasteiger partial charge is 0.652 e. The zero-order chi connectivity index (χ0) is 16.7. The molecule has 0 unspecified atom stereocenters. The average Bonchev–Trinajstić information content (AvgIpc) is 2.46. The molecule has 0 spiro atoms. The van der Waals surface area contributed by atoms with Crippen LogP contribution in [0.25, 0.3) is 0 Å². The first-order valence-electron chi connectivity index (χ1n) is 6.87. The first kappa shape index (κ1) is 27.1. The summed E-state index contributed by atoms with van der Waals surface area (Å²) in [7, 11) is 1.86. The van der Waals surface area contributed by atoms with Gasteiger partial charge in [0.1, 0.15) is 11.5 Å². The van der Waals surface area contributed by atoms with Crippen molar-refractivity contribution in [2.24, 2.45) is 0 Å². The maximum atomic E-state index is 13.1. The molecule has 7 nitrogen and oxygen atoms in total. The van der Waals surface area contributed by atoms with Crippen molar-refractivity contribution in [1.29, 1.82) is 0 Å². The number of nitro groups is 1. The fourth-order valence-electron chi connectivity index (χ4n) is 2.61. The number of nitro benzene ring substituents is 1. The van der Waals surface area contributed by atoms with E-state index in [2.05, 4.69) is 0 Å². The molecule has 0 bridgehead atoms. The van der Waals surface area contributed by atoms with Crippen molar-refractivity contribution in [3.63, 3.8) is 0 Å². The molecule has 1 fully saturated rings. The number of carbonyl (C=O) groups is 1. The van der Waals surface area contributed by atoms with Gasteiger partial charge in [-0.05, 0) is 31.1 Å². The van der Waals surface area contributed by atoms with Gasteiger partial charge < -0.3 is 19.9 Å². The quantitative estimate of drug-likeness (QED) is 0.291. The van der Waals surface area contributed by atoms with Gasteiger partial charge in [-0.15, -0.1) is 0 Å². The number of carboxylic acid groups (broad SMARTS) is 2. The predicted octanol–water partition coefficient (Wildman–Crippen LogP) is -4.94. The van der Waals surface area contributed by atoms with Gasteiger partial charge in [0, 0.05) is 13.1 Å². The van der Waals surface area contributed by atoms with Crippen molar-refractivity contribution in [3.8, 4) is 0 Å². The van der Waals surface area contributed by atoms with Crippen LogP contribution in [0.2, 0.25) is 0 Å². The van der Waals surface area contributed by atoms with Crippen molar-refractivity contribution < 1.29 is 127 Å². The van der Waals surface area contributed by atoms with Gasteiger partial charge >= 0.3 is 103 Å². The number of nitrogens with zero attached hydrogens (tertiary/aromatic N) is 2. The van der Waals surface area contributed by atoms with Crippen molar-refractivity contribution in [1.82, 2.24) is 0 Å². The molecule has 122 valence electrons. The molecule has 1 aromatic rings. The molecule has 2 rings (SSSR count). The topological polar surface area (TPSA) is 110 Å². The second-order valence-corrected chi connectivity index (χ2v) is 5.04. The van der Waals surface area contributed by atoms with Crippen molar-refractivity contribution in [2.75, 3.05) is 11.9 Å². The average molecular weight is 390 g/mol. The molecular weight excluding hydrogens is 373 g/mol. The van der Waals surface area contributed by atoms with Crippen LogP contribution in [0.5, 0.6) is 0 Å². The summed E-state index contributed by atoms with van der Waals surface area (Å²) in [6.07, 6.45) is 3.31. The van der Waals surface area contributed by atoms with Gasteiger partial charge in [0.25, 0.3) is 5.69 Å². The van der Waals surface area contributed by atoms with E-state index in [0.717, 1.165) is 31.7 Å². The number of rotatable bonds is 3. The summed E-state index contributed by atoms with van der Waals surface area (Å²) >= 11 is 0. The van der Waals surface area contributed by atoms with Crippen LogP contribution in [0, 0.1) is 15.9 Å². The van der Waals surface area contributed by atoms with Gasteiger partial charge in [0.05, 0.1) is 11.0 Å². The molecule has 10 heteroatoms. The second kappa shape index (κ2) is 14.0. The fraction of sp³-hybridized carbons (Fsp3) is 0.500. The Hall–Kier alpha value is 0.893. The standard InChI is InChI=1S/C13H17FN2O2.CH2O3.2K/c1-15(11-5-3-2-4-6-11)12-8-7-10(14)9-13(12)16(17)18;2-1(3)4;;/h7-9,11H,2-6H2,1H3;(H2,2,3,4);;/q;;2*+1/p-2. The van der Waals surface area contributed by atoms with Crippen LogP contribution in [0.1, 0.15) is 32.1 Å². The number of hydrogen-bond acceptors (Lipinski definition) is 6. The Morgan fingerprint density at radius 2 is 1.71 bits per heavy atom. The molecule has 1 aliphatic rings. The zero-order valence-corrected chi connectivity index (χ0v) is 20.4. The van der Waals surface area contributed by atoms with E-state index in [-0.39, 0.29) is 108 Å². The first-order chi connectivity index (χ1) is 10.3. The second-order valence-electron chi connectivity index (χ2n) is 5.04. The third-order valence-electron chi connectivity index (χ3n) is 3.64. The van der Waals surface area contributed by atoms with Gasteiger partial charge in [-0.1, -0.05) is 19.3 Å². The molecule has 24 heavy (non-hydrogen) atoms. The zero-order valence-electron chi connectivity index (χ0n) is 14.2. The predicted molar refractivity (Wildman–Crippen MR) is 73.7 cm³/mol. The Labute approximate surface area is 225 Å². The van der Waals surface area contributed by atoms with Crippen LogP contribution in [0.3, 0.4) is 0 Å². The maximum Gasteiger partial charge on any atom is 1.00 e. The number of anilines is 1. The molecule has 0 radical (unpaired) electrons. The SMILES string of the molecule is CN(c1ccc(F)cc1[N+](=O)[O-])C1CCCCC1.O=C([O-])[O-].[K+].[K+]. The van der Waals surface area contributed by atoms with Crippen LogP contribution in [-0.2, 0) is 0 Å². The minimum atomic E-state index is -2.33. The van der Waals surface area contributed by atoms with Crippen molar-refractivity contribution in [2.45, 2.75) is 38.1 Å². The summed E-state index contributed by atoms with van der Waals surface area (Å²) < 4.78 is 13.1. The molecule has 1 aliphatic carbocycles. The molecule has 0 N–H and O–H groups in total. The summed E-state index contributed by atoms with van der Waals surface area (Å²) in [6, 6.07) is 4.10. The van der Waals surface area contributed by atoms with E-state index < -0.39 is 16.9 Å². The number of carbonyl (C=O) groups excluding carboxylic acids is 1. The van der Waals surface area contributed by atoms with E-state index in [1.807, 2.05) is 11.9 Å². The van der Waals surface area contributed by atoms with Crippen LogP contribution >= 0.6 is 0 Å². The van der Waals surface area contributed by atoms with E-state index in [1.165, 1.54) is 18.6 Å². The van der Waals surface area contributed by atoms with Crippen LogP contribution in [-0.4, -0.2) is 24.2 Å². The minimum absolute atomic E-state index is 0. The van der Waals surface area contributed by atoms with Crippen molar-refractivity contribution >= 4 is 17.5 Å². The van der Waals surface area contributed by atoms with E-state index in [4.69, 9.17) is 15.0 Å². The van der Waals surface area contributed by atoms with Gasteiger partial charge in [0.15, 0.2) is 0 Å². The minimum Gasteiger partial charge on any atom is -0.652 e. The third kappa shape index (κ3) is 9.55. The Morgan fingerprint density at radius 1 is 1.21 bits per heavy atom. The van der Waals surface area contributed by atoms with Crippen LogP contribution < -0.4 is 118 Å². The Kier molecular flexibility index (Phi) is 15.8. The monoisotopic (exact) mass is 390 g/mol. The molecule has 0 aromatic heterocycles. The van der Waals surface area contributed by atoms with Gasteiger partial charge in [-0.3, -0.25) is 10.1 Å². The molecule has 1 saturated carbocycles. The van der Waals surface area contributed by atoms with E-state index in [1.54, 1.807) is 0 Å². The number of benzene rings is 1. The fourth-order valence-corrected chi connectivity index (χ4v) is 2.61. The van der Waals surface area contributed by atoms with Crippen LogP contribution in [0.4, 0.5) is 20.6 Å². The molecule has 0 aliphatic heterocycles. The Bertz CT molecular complexity index is 538. The molecule has 0 atom stereocenters. The third-order valence-corrected chi connectivity index (χ3v) is 3.64. The Balaban J connectivity index is 0. The summed E-state index contributed by atoms with van der Waals surface area (Å²) in [6.45, 7) is 0. The maximum absolute atomic E-state index is 13.1. The number of hydrogen-bond donors (Lipinski definition) is 0. The largest absolute Gasteiger partial charge is 1.00 e.